The minimum absolute atomic E-state index is 0.442. The third kappa shape index (κ3) is 2.78. The molecule has 0 atom stereocenters. The maximum Gasteiger partial charge on any atom is 0.297 e. The van der Waals surface area contributed by atoms with Gasteiger partial charge in [-0.3, -0.25) is 13.7 Å². The van der Waals surface area contributed by atoms with Crippen molar-refractivity contribution in [3.63, 3.8) is 0 Å². The standard InChI is InChI=1S/C8H6O10S3/c9-19(10,11)6-3-5-4(1-2-18-5)7(20(12,13)14)8(6)21(15,16)17/h1-3H,(H,9,10,11)(H,12,13,14)(H,15,16,17). The van der Waals surface area contributed by atoms with E-state index in [1.54, 1.807) is 0 Å². The average Bonchev–Trinajstić information content (AvgIpc) is 2.69. The Hall–Kier alpha value is -1.51. The summed E-state index contributed by atoms with van der Waals surface area (Å²) in [5.41, 5.74) is -0.442. The Labute approximate surface area is 118 Å². The third-order valence-corrected chi connectivity index (χ3v) is 5.44. The highest BCUT2D eigenvalue weighted by atomic mass is 32.2. The van der Waals surface area contributed by atoms with E-state index < -0.39 is 56.0 Å². The Morgan fingerprint density at radius 3 is 1.76 bits per heavy atom. The molecule has 0 amide bonds. The molecule has 0 aliphatic heterocycles. The molecule has 0 saturated carbocycles. The van der Waals surface area contributed by atoms with Gasteiger partial charge in [-0.15, -0.1) is 0 Å². The number of benzene rings is 1. The molecule has 0 aliphatic rings. The number of fused-ring (bicyclic) bond motifs is 1. The van der Waals surface area contributed by atoms with Crippen LogP contribution in [0.4, 0.5) is 0 Å². The predicted octanol–water partition coefficient (Wildman–Crippen LogP) is 0.173. The van der Waals surface area contributed by atoms with E-state index in [1.807, 2.05) is 0 Å². The lowest BCUT2D eigenvalue weighted by Crippen LogP contribution is -2.14. The summed E-state index contributed by atoms with van der Waals surface area (Å²) in [7, 11) is -15.9. The lowest BCUT2D eigenvalue weighted by atomic mass is 10.2. The molecule has 1 aromatic heterocycles. The second-order valence-corrected chi connectivity index (χ2v) is 7.90. The molecule has 0 aliphatic carbocycles. The molecule has 3 N–H and O–H groups in total. The maximum absolute atomic E-state index is 11.4. The zero-order valence-corrected chi connectivity index (χ0v) is 12.1. The molecule has 0 saturated heterocycles. The van der Waals surface area contributed by atoms with Gasteiger partial charge in [0.15, 0.2) is 0 Å². The third-order valence-electron chi connectivity index (χ3n) is 2.43. The van der Waals surface area contributed by atoms with Crippen molar-refractivity contribution in [3.05, 3.63) is 18.4 Å². The van der Waals surface area contributed by atoms with E-state index in [0.29, 0.717) is 6.07 Å². The van der Waals surface area contributed by atoms with Crippen molar-refractivity contribution in [1.29, 1.82) is 0 Å². The van der Waals surface area contributed by atoms with Crippen LogP contribution in [0.25, 0.3) is 11.0 Å². The fourth-order valence-electron chi connectivity index (χ4n) is 1.73. The van der Waals surface area contributed by atoms with E-state index in [1.165, 1.54) is 0 Å². The number of hydrogen-bond donors (Lipinski definition) is 3. The summed E-state index contributed by atoms with van der Waals surface area (Å²) < 4.78 is 99.6. The fourth-order valence-corrected chi connectivity index (χ4v) is 5.10. The van der Waals surface area contributed by atoms with Crippen molar-refractivity contribution in [2.75, 3.05) is 0 Å². The Morgan fingerprint density at radius 2 is 1.33 bits per heavy atom. The van der Waals surface area contributed by atoms with Crippen LogP contribution in [0.1, 0.15) is 0 Å². The van der Waals surface area contributed by atoms with Gasteiger partial charge in [0.25, 0.3) is 30.4 Å². The SMILES string of the molecule is O=S(=O)(O)c1cc2occc2c(S(=O)(=O)O)c1S(=O)(=O)O. The van der Waals surface area contributed by atoms with E-state index in [-0.39, 0.29) is 0 Å². The van der Waals surface area contributed by atoms with Crippen LogP contribution < -0.4 is 0 Å². The summed E-state index contributed by atoms with van der Waals surface area (Å²) >= 11 is 0. The summed E-state index contributed by atoms with van der Waals surface area (Å²) in [5.74, 6) is 0. The summed E-state index contributed by atoms with van der Waals surface area (Å²) in [6.45, 7) is 0. The first-order valence-corrected chi connectivity index (χ1v) is 9.12. The first kappa shape index (κ1) is 15.9. The highest BCUT2D eigenvalue weighted by Crippen LogP contribution is 2.35. The quantitative estimate of drug-likeness (QED) is 0.641. The smallest absolute Gasteiger partial charge is 0.297 e. The van der Waals surface area contributed by atoms with Crippen molar-refractivity contribution < 1.29 is 43.3 Å². The van der Waals surface area contributed by atoms with Gasteiger partial charge in [-0.25, -0.2) is 0 Å². The van der Waals surface area contributed by atoms with Crippen molar-refractivity contribution in [3.8, 4) is 0 Å². The van der Waals surface area contributed by atoms with Gasteiger partial charge in [-0.2, -0.15) is 25.3 Å². The van der Waals surface area contributed by atoms with Gasteiger partial charge < -0.3 is 4.42 Å². The zero-order chi connectivity index (χ0) is 16.2. The molecule has 1 aromatic carbocycles. The van der Waals surface area contributed by atoms with Gasteiger partial charge in [-0.05, 0) is 6.07 Å². The van der Waals surface area contributed by atoms with Crippen molar-refractivity contribution in [1.82, 2.24) is 0 Å². The number of furan rings is 1. The average molecular weight is 358 g/mol. The molecular weight excluding hydrogens is 352 g/mol. The van der Waals surface area contributed by atoms with E-state index in [0.717, 1.165) is 12.3 Å². The molecule has 10 nitrogen and oxygen atoms in total. The number of hydrogen-bond acceptors (Lipinski definition) is 7. The monoisotopic (exact) mass is 358 g/mol. The van der Waals surface area contributed by atoms with Gasteiger partial charge in [0.2, 0.25) is 0 Å². The largest absolute Gasteiger partial charge is 0.464 e. The van der Waals surface area contributed by atoms with Crippen molar-refractivity contribution in [2.45, 2.75) is 14.7 Å². The van der Waals surface area contributed by atoms with Gasteiger partial charge in [-0.1, -0.05) is 0 Å². The molecule has 0 unspecified atom stereocenters. The Bertz CT molecular complexity index is 1040. The summed E-state index contributed by atoms with van der Waals surface area (Å²) in [4.78, 5) is -4.52. The topological polar surface area (TPSA) is 176 Å². The summed E-state index contributed by atoms with van der Waals surface area (Å²) in [6, 6.07) is 1.43. The molecule has 1 heterocycles. The second kappa shape index (κ2) is 4.49. The summed E-state index contributed by atoms with van der Waals surface area (Å²) in [6.07, 6.45) is 0.890. The van der Waals surface area contributed by atoms with Crippen LogP contribution in [0.15, 0.2) is 37.5 Å². The zero-order valence-electron chi connectivity index (χ0n) is 9.66. The van der Waals surface area contributed by atoms with Crippen LogP contribution in [-0.2, 0) is 30.4 Å². The highest BCUT2D eigenvalue weighted by molar-refractivity contribution is 7.90. The molecule has 0 bridgehead atoms. The number of rotatable bonds is 3. The molecule has 0 fully saturated rings. The Kier molecular flexibility index (Phi) is 3.39. The van der Waals surface area contributed by atoms with E-state index in [2.05, 4.69) is 0 Å². The van der Waals surface area contributed by atoms with Crippen LogP contribution in [0, 0.1) is 0 Å². The van der Waals surface area contributed by atoms with E-state index in [4.69, 9.17) is 18.1 Å². The second-order valence-electron chi connectivity index (χ2n) is 3.79. The molecule has 2 aromatic rings. The minimum Gasteiger partial charge on any atom is -0.464 e. The van der Waals surface area contributed by atoms with E-state index in [9.17, 15) is 25.3 Å². The lowest BCUT2D eigenvalue weighted by molar-refractivity contribution is 0.456. The van der Waals surface area contributed by atoms with E-state index >= 15 is 0 Å². The molecule has 0 spiro atoms. The Morgan fingerprint density at radius 1 is 0.810 bits per heavy atom. The normalized spacial score (nSPS) is 13.7. The van der Waals surface area contributed by atoms with Crippen LogP contribution in [0.5, 0.6) is 0 Å². The molecule has 13 heteroatoms. The van der Waals surface area contributed by atoms with Gasteiger partial charge in [0.05, 0.1) is 6.26 Å². The molecule has 2 rings (SSSR count). The van der Waals surface area contributed by atoms with Crippen LogP contribution in [0.3, 0.4) is 0 Å². The lowest BCUT2D eigenvalue weighted by Gasteiger charge is -2.09. The molecule has 0 radical (unpaired) electrons. The molecule has 21 heavy (non-hydrogen) atoms. The first-order chi connectivity index (χ1) is 9.33. The van der Waals surface area contributed by atoms with Crippen molar-refractivity contribution >= 4 is 41.3 Å². The minimum atomic E-state index is -5.42. The fraction of sp³-hybridized carbons (Fsp3) is 0. The van der Waals surface area contributed by atoms with Gasteiger partial charge in [0.1, 0.15) is 20.3 Å². The predicted molar refractivity (Wildman–Crippen MR) is 65.7 cm³/mol. The van der Waals surface area contributed by atoms with Crippen LogP contribution >= 0.6 is 0 Å². The first-order valence-electron chi connectivity index (χ1n) is 4.80. The Balaban J connectivity index is 3.29. The van der Waals surface area contributed by atoms with Crippen molar-refractivity contribution in [2.24, 2.45) is 0 Å². The van der Waals surface area contributed by atoms with Crippen LogP contribution in [0.2, 0.25) is 0 Å². The van der Waals surface area contributed by atoms with Crippen LogP contribution in [-0.4, -0.2) is 38.9 Å². The maximum atomic E-state index is 11.4. The molecular formula is C8H6O10S3. The molecule has 116 valence electrons. The van der Waals surface area contributed by atoms with Gasteiger partial charge >= 0.3 is 0 Å². The summed E-state index contributed by atoms with van der Waals surface area (Å²) in [5, 5.41) is -0.488. The van der Waals surface area contributed by atoms with Gasteiger partial charge in [0, 0.05) is 11.5 Å². The highest BCUT2D eigenvalue weighted by Gasteiger charge is 2.35.